The van der Waals surface area contributed by atoms with Crippen molar-refractivity contribution in [2.75, 3.05) is 16.4 Å². The molecule has 0 bridgehead atoms. The summed E-state index contributed by atoms with van der Waals surface area (Å²) in [5.74, 6) is 0.324. The molecular formula is C23H20ClN5O2S. The number of carbonyl (C=O) groups excluding carboxylic acids is 2. The lowest BCUT2D eigenvalue weighted by molar-refractivity contribution is -0.116. The molecule has 0 aliphatic carbocycles. The van der Waals surface area contributed by atoms with E-state index in [9.17, 15) is 9.59 Å². The van der Waals surface area contributed by atoms with Crippen molar-refractivity contribution in [3.8, 4) is 0 Å². The largest absolute Gasteiger partial charge is 0.326 e. The van der Waals surface area contributed by atoms with Crippen molar-refractivity contribution >= 4 is 57.3 Å². The molecule has 4 aromatic rings. The number of anilines is 2. The van der Waals surface area contributed by atoms with Crippen LogP contribution in [0.25, 0.3) is 10.8 Å². The molecule has 32 heavy (non-hydrogen) atoms. The van der Waals surface area contributed by atoms with E-state index in [0.717, 1.165) is 16.5 Å². The highest BCUT2D eigenvalue weighted by atomic mass is 35.5. The standard InChI is InChI=1S/C23H20ClN5O2S/c1-29-20(13-21(30)25-17-11-9-16(24)10-12-17)27-28-23(29)32-14-22(31)26-19-8-4-6-15-5-2-3-7-18(15)19/h2-12H,13-14H2,1H3,(H,25,30)(H,26,31). The highest BCUT2D eigenvalue weighted by molar-refractivity contribution is 7.99. The zero-order chi connectivity index (χ0) is 22.5. The molecule has 0 saturated carbocycles. The average molecular weight is 466 g/mol. The predicted molar refractivity (Wildman–Crippen MR) is 128 cm³/mol. The first-order chi connectivity index (χ1) is 15.5. The number of thioether (sulfide) groups is 1. The molecule has 4 rings (SSSR count). The van der Waals surface area contributed by atoms with E-state index >= 15 is 0 Å². The second-order valence-electron chi connectivity index (χ2n) is 7.05. The third-order valence-corrected chi connectivity index (χ3v) is 6.04. The number of benzene rings is 3. The van der Waals surface area contributed by atoms with Gasteiger partial charge in [-0.1, -0.05) is 59.8 Å². The smallest absolute Gasteiger partial charge is 0.234 e. The van der Waals surface area contributed by atoms with Crippen molar-refractivity contribution in [1.29, 1.82) is 0 Å². The molecule has 0 aliphatic heterocycles. The monoisotopic (exact) mass is 465 g/mol. The van der Waals surface area contributed by atoms with Gasteiger partial charge in [0.15, 0.2) is 5.16 Å². The maximum atomic E-state index is 12.5. The topological polar surface area (TPSA) is 88.9 Å². The second kappa shape index (κ2) is 9.84. The number of amides is 2. The molecule has 0 aliphatic rings. The zero-order valence-electron chi connectivity index (χ0n) is 17.2. The minimum atomic E-state index is -0.215. The van der Waals surface area contributed by atoms with E-state index in [1.54, 1.807) is 35.9 Å². The van der Waals surface area contributed by atoms with Crippen LogP contribution in [0.4, 0.5) is 11.4 Å². The first-order valence-corrected chi connectivity index (χ1v) is 11.2. The number of rotatable bonds is 7. The summed E-state index contributed by atoms with van der Waals surface area (Å²) in [7, 11) is 1.77. The summed E-state index contributed by atoms with van der Waals surface area (Å²) in [6, 6.07) is 20.5. The molecule has 1 heterocycles. The molecule has 162 valence electrons. The molecular weight excluding hydrogens is 446 g/mol. The number of hydrogen-bond acceptors (Lipinski definition) is 5. The van der Waals surface area contributed by atoms with Gasteiger partial charge in [0.2, 0.25) is 11.8 Å². The Morgan fingerprint density at radius 2 is 1.69 bits per heavy atom. The first-order valence-electron chi connectivity index (χ1n) is 9.84. The highest BCUT2D eigenvalue weighted by Gasteiger charge is 2.15. The van der Waals surface area contributed by atoms with E-state index < -0.39 is 0 Å². The highest BCUT2D eigenvalue weighted by Crippen LogP contribution is 2.24. The van der Waals surface area contributed by atoms with Crippen LogP contribution < -0.4 is 10.6 Å². The number of nitrogens with zero attached hydrogens (tertiary/aromatic N) is 3. The van der Waals surface area contributed by atoms with Crippen LogP contribution in [0.3, 0.4) is 0 Å². The maximum absolute atomic E-state index is 12.5. The van der Waals surface area contributed by atoms with Crippen molar-refractivity contribution in [1.82, 2.24) is 14.8 Å². The van der Waals surface area contributed by atoms with Gasteiger partial charge < -0.3 is 15.2 Å². The van der Waals surface area contributed by atoms with Gasteiger partial charge in [0, 0.05) is 28.8 Å². The summed E-state index contributed by atoms with van der Waals surface area (Å²) in [5, 5.41) is 17.2. The number of hydrogen-bond donors (Lipinski definition) is 2. The molecule has 0 spiro atoms. The summed E-state index contributed by atoms with van der Waals surface area (Å²) in [4.78, 5) is 24.8. The fourth-order valence-corrected chi connectivity index (χ4v) is 4.01. The fourth-order valence-electron chi connectivity index (χ4n) is 3.16. The SMILES string of the molecule is Cn1c(CC(=O)Nc2ccc(Cl)cc2)nnc1SCC(=O)Nc1cccc2ccccc12. The van der Waals surface area contributed by atoms with Gasteiger partial charge in [-0.15, -0.1) is 10.2 Å². The van der Waals surface area contributed by atoms with Gasteiger partial charge in [0.05, 0.1) is 12.2 Å². The molecule has 0 atom stereocenters. The van der Waals surface area contributed by atoms with Crippen LogP contribution >= 0.6 is 23.4 Å². The van der Waals surface area contributed by atoms with E-state index in [0.29, 0.717) is 21.7 Å². The van der Waals surface area contributed by atoms with Crippen molar-refractivity contribution in [2.45, 2.75) is 11.6 Å². The maximum Gasteiger partial charge on any atom is 0.234 e. The summed E-state index contributed by atoms with van der Waals surface area (Å²) in [5.41, 5.74) is 1.42. The van der Waals surface area contributed by atoms with Gasteiger partial charge in [0.1, 0.15) is 5.82 Å². The molecule has 3 aromatic carbocycles. The Labute approximate surface area is 194 Å². The van der Waals surface area contributed by atoms with Crippen LogP contribution in [-0.4, -0.2) is 32.3 Å². The summed E-state index contributed by atoms with van der Waals surface area (Å²) < 4.78 is 1.72. The van der Waals surface area contributed by atoms with Crippen LogP contribution in [0.15, 0.2) is 71.9 Å². The zero-order valence-corrected chi connectivity index (χ0v) is 18.8. The number of aromatic nitrogens is 3. The molecule has 9 heteroatoms. The Kier molecular flexibility index (Phi) is 6.72. The van der Waals surface area contributed by atoms with Crippen molar-refractivity contribution in [2.24, 2.45) is 7.05 Å². The lowest BCUT2D eigenvalue weighted by atomic mass is 10.1. The minimum absolute atomic E-state index is 0.0644. The Morgan fingerprint density at radius 1 is 0.938 bits per heavy atom. The van der Waals surface area contributed by atoms with Gasteiger partial charge in [0.25, 0.3) is 0 Å². The van der Waals surface area contributed by atoms with Crippen LogP contribution in [-0.2, 0) is 23.1 Å². The van der Waals surface area contributed by atoms with Crippen LogP contribution in [0.5, 0.6) is 0 Å². The second-order valence-corrected chi connectivity index (χ2v) is 8.43. The Morgan fingerprint density at radius 3 is 2.50 bits per heavy atom. The van der Waals surface area contributed by atoms with E-state index in [1.807, 2.05) is 42.5 Å². The van der Waals surface area contributed by atoms with Gasteiger partial charge in [-0.2, -0.15) is 0 Å². The average Bonchev–Trinajstić information content (AvgIpc) is 3.13. The van der Waals surface area contributed by atoms with Gasteiger partial charge >= 0.3 is 0 Å². The predicted octanol–water partition coefficient (Wildman–Crippen LogP) is 4.53. The fraction of sp³-hybridized carbons (Fsp3) is 0.130. The van der Waals surface area contributed by atoms with Crippen molar-refractivity contribution in [3.05, 3.63) is 77.6 Å². The Hall–Kier alpha value is -3.36. The third-order valence-electron chi connectivity index (χ3n) is 4.77. The van der Waals surface area contributed by atoms with Gasteiger partial charge in [-0.25, -0.2) is 0 Å². The molecule has 1 aromatic heterocycles. The van der Waals surface area contributed by atoms with Gasteiger partial charge in [-0.3, -0.25) is 9.59 Å². The lowest BCUT2D eigenvalue weighted by Gasteiger charge is -2.09. The molecule has 0 radical (unpaired) electrons. The Bertz CT molecular complexity index is 1270. The number of nitrogens with one attached hydrogen (secondary N) is 2. The number of fused-ring (bicyclic) bond motifs is 1. The Balaban J connectivity index is 1.33. The molecule has 2 N–H and O–H groups in total. The summed E-state index contributed by atoms with van der Waals surface area (Å²) in [6.07, 6.45) is 0.0644. The summed E-state index contributed by atoms with van der Waals surface area (Å²) >= 11 is 7.12. The first kappa shape index (κ1) is 21.9. The quantitative estimate of drug-likeness (QED) is 0.391. The van der Waals surface area contributed by atoms with Crippen LogP contribution in [0.2, 0.25) is 5.02 Å². The third kappa shape index (κ3) is 5.27. The molecule has 2 amide bonds. The van der Waals surface area contributed by atoms with E-state index in [1.165, 1.54) is 11.8 Å². The number of carbonyl (C=O) groups is 2. The molecule has 7 nitrogen and oxygen atoms in total. The van der Waals surface area contributed by atoms with Crippen molar-refractivity contribution < 1.29 is 9.59 Å². The molecule has 0 unspecified atom stereocenters. The van der Waals surface area contributed by atoms with E-state index in [4.69, 9.17) is 11.6 Å². The molecule has 0 fully saturated rings. The van der Waals surface area contributed by atoms with Crippen LogP contribution in [0, 0.1) is 0 Å². The normalized spacial score (nSPS) is 10.8. The van der Waals surface area contributed by atoms with Crippen molar-refractivity contribution in [3.63, 3.8) is 0 Å². The molecule has 0 saturated heterocycles. The number of halogens is 1. The lowest BCUT2D eigenvalue weighted by Crippen LogP contribution is -2.17. The summed E-state index contributed by atoms with van der Waals surface area (Å²) in [6.45, 7) is 0. The van der Waals surface area contributed by atoms with E-state index in [-0.39, 0.29) is 24.0 Å². The van der Waals surface area contributed by atoms with Crippen LogP contribution in [0.1, 0.15) is 5.82 Å². The van der Waals surface area contributed by atoms with Gasteiger partial charge in [-0.05, 0) is 35.7 Å². The minimum Gasteiger partial charge on any atom is -0.326 e. The van der Waals surface area contributed by atoms with E-state index in [2.05, 4.69) is 20.8 Å².